The fourth-order valence-electron chi connectivity index (χ4n) is 11.4. The maximum atomic E-state index is 2.49. The van der Waals surface area contributed by atoms with Crippen LogP contribution in [0.2, 0.25) is 0 Å². The van der Waals surface area contributed by atoms with Gasteiger partial charge < -0.3 is 19.6 Å². The summed E-state index contributed by atoms with van der Waals surface area (Å²) in [5.74, 6) is 0. The first-order valence-corrected chi connectivity index (χ1v) is 20.4. The lowest BCUT2D eigenvalue weighted by atomic mass is 9.33. The Kier molecular flexibility index (Phi) is 6.31. The molecule has 0 atom stereocenters. The minimum atomic E-state index is 0.0906. The smallest absolute Gasteiger partial charge is 0.252 e. The largest absolute Gasteiger partial charge is 0.345 e. The van der Waals surface area contributed by atoms with E-state index in [4.69, 9.17) is 0 Å². The normalized spacial score (nSPS) is 14.3. The first kappa shape index (κ1) is 32.2. The van der Waals surface area contributed by atoms with Crippen molar-refractivity contribution in [3.8, 4) is 11.1 Å². The number of para-hydroxylation sites is 2. The van der Waals surface area contributed by atoms with Gasteiger partial charge in [0.2, 0.25) is 0 Å². The van der Waals surface area contributed by atoms with Gasteiger partial charge in [-0.25, -0.2) is 0 Å². The number of fused-ring (bicyclic) bond motifs is 14. The van der Waals surface area contributed by atoms with Gasteiger partial charge in [-0.3, -0.25) is 0 Å². The van der Waals surface area contributed by atoms with Crippen molar-refractivity contribution in [2.75, 3.05) is 47.8 Å². The molecule has 4 heterocycles. The first-order valence-electron chi connectivity index (χ1n) is 20.4. The standard InChI is InChI=1S/C52H38B2N4/c1-55-43-19-11-9-17-39(43)53-40-18-10-12-20-44(40)56(2)52-38-24-21-32(27-35(38)30-46(55)48(52)53)33-23-26-45-42(28-33)54-41-25-22-31-13-5-7-15-36(31)50(41)58(4)47-29-34-14-6-8-16-37(34)51(49(47)54)57(45)3/h5-30H,1-4H3. The highest BCUT2D eigenvalue weighted by molar-refractivity contribution is 7.01. The fourth-order valence-corrected chi connectivity index (χ4v) is 11.4. The van der Waals surface area contributed by atoms with E-state index in [1.165, 1.54) is 122 Å². The predicted molar refractivity (Wildman–Crippen MR) is 252 cm³/mol. The van der Waals surface area contributed by atoms with Gasteiger partial charge in [0.05, 0.1) is 0 Å². The molecular formula is C52H38B2N4. The summed E-state index contributed by atoms with van der Waals surface area (Å²) >= 11 is 0. The number of rotatable bonds is 1. The van der Waals surface area contributed by atoms with Crippen LogP contribution in [0.3, 0.4) is 0 Å². The lowest BCUT2D eigenvalue weighted by Crippen LogP contribution is -2.61. The minimum Gasteiger partial charge on any atom is -0.345 e. The summed E-state index contributed by atoms with van der Waals surface area (Å²) in [4.78, 5) is 9.75. The molecule has 6 heteroatoms. The molecule has 0 amide bonds. The van der Waals surface area contributed by atoms with Gasteiger partial charge in [-0.15, -0.1) is 0 Å². The van der Waals surface area contributed by atoms with Crippen LogP contribution in [0.5, 0.6) is 0 Å². The zero-order chi connectivity index (χ0) is 38.6. The van der Waals surface area contributed by atoms with Crippen molar-refractivity contribution >= 4 is 124 Å². The van der Waals surface area contributed by atoms with Crippen molar-refractivity contribution < 1.29 is 0 Å². The SMILES string of the molecule is CN1c2ccccc2B2c3ccccc3N(C)c3c2c1cc1cc(-c2ccc4c(c2)B2c5ccc6ccccc6c5N(C)c5cc6ccccc6c(c52)N4C)ccc31. The molecule has 13 rings (SSSR count). The molecule has 0 saturated carbocycles. The van der Waals surface area contributed by atoms with Gasteiger partial charge in [-0.05, 0) is 96.5 Å². The first-order chi connectivity index (χ1) is 28.5. The second-order valence-electron chi connectivity index (χ2n) is 16.7. The summed E-state index contributed by atoms with van der Waals surface area (Å²) in [6.45, 7) is 0.277. The van der Waals surface area contributed by atoms with E-state index in [9.17, 15) is 0 Å². The number of benzene rings is 9. The maximum absolute atomic E-state index is 2.49. The number of anilines is 8. The van der Waals surface area contributed by atoms with E-state index in [0.29, 0.717) is 0 Å². The van der Waals surface area contributed by atoms with Gasteiger partial charge in [0.15, 0.2) is 0 Å². The molecular weight excluding hydrogens is 702 g/mol. The number of hydrogen-bond acceptors (Lipinski definition) is 4. The maximum Gasteiger partial charge on any atom is 0.252 e. The Labute approximate surface area is 339 Å². The van der Waals surface area contributed by atoms with Gasteiger partial charge in [0.1, 0.15) is 0 Å². The Balaban J connectivity index is 1.03. The fraction of sp³-hybridized carbons (Fsp3) is 0.0769. The average Bonchev–Trinajstić information content (AvgIpc) is 3.27. The molecule has 58 heavy (non-hydrogen) atoms. The number of nitrogens with zero attached hydrogens (tertiary/aromatic N) is 4. The minimum absolute atomic E-state index is 0.0906. The topological polar surface area (TPSA) is 13.0 Å². The van der Waals surface area contributed by atoms with Crippen LogP contribution in [-0.4, -0.2) is 41.6 Å². The monoisotopic (exact) mass is 740 g/mol. The molecule has 9 aromatic rings. The quantitative estimate of drug-likeness (QED) is 0.158. The van der Waals surface area contributed by atoms with E-state index in [1.807, 2.05) is 0 Å². The molecule has 0 saturated heterocycles. The van der Waals surface area contributed by atoms with Crippen molar-refractivity contribution in [2.45, 2.75) is 0 Å². The van der Waals surface area contributed by atoms with Crippen LogP contribution >= 0.6 is 0 Å². The average molecular weight is 741 g/mol. The van der Waals surface area contributed by atoms with Crippen LogP contribution in [0, 0.1) is 0 Å². The summed E-state index contributed by atoms with van der Waals surface area (Å²) in [6, 6.07) is 59.6. The summed E-state index contributed by atoms with van der Waals surface area (Å²) in [5, 5.41) is 7.68. The lowest BCUT2D eigenvalue weighted by molar-refractivity contribution is 1.19. The molecule has 0 bridgehead atoms. The molecule has 9 aromatic carbocycles. The van der Waals surface area contributed by atoms with E-state index in [2.05, 4.69) is 206 Å². The van der Waals surface area contributed by atoms with Gasteiger partial charge in [-0.1, -0.05) is 121 Å². The second kappa shape index (κ2) is 11.4. The molecule has 0 spiro atoms. The van der Waals surface area contributed by atoms with Gasteiger partial charge >= 0.3 is 0 Å². The summed E-state index contributed by atoms with van der Waals surface area (Å²) in [7, 11) is 9.00. The highest BCUT2D eigenvalue weighted by atomic mass is 15.2. The third-order valence-corrected chi connectivity index (χ3v) is 14.0. The van der Waals surface area contributed by atoms with Crippen molar-refractivity contribution in [1.29, 1.82) is 0 Å². The van der Waals surface area contributed by atoms with E-state index < -0.39 is 0 Å². The molecule has 4 nitrogen and oxygen atoms in total. The van der Waals surface area contributed by atoms with Crippen LogP contribution < -0.4 is 52.4 Å². The molecule has 0 aliphatic carbocycles. The highest BCUT2D eigenvalue weighted by Gasteiger charge is 2.44. The van der Waals surface area contributed by atoms with Gasteiger partial charge in [0, 0.05) is 89.8 Å². The zero-order valence-corrected chi connectivity index (χ0v) is 33.0. The lowest BCUT2D eigenvalue weighted by Gasteiger charge is -2.43. The van der Waals surface area contributed by atoms with Gasteiger partial charge in [-0.2, -0.15) is 0 Å². The van der Waals surface area contributed by atoms with E-state index in [-0.39, 0.29) is 13.4 Å². The molecule has 0 radical (unpaired) electrons. The molecule has 272 valence electrons. The third-order valence-electron chi connectivity index (χ3n) is 14.0. The molecule has 0 unspecified atom stereocenters. The third kappa shape index (κ3) is 4.02. The van der Waals surface area contributed by atoms with Crippen LogP contribution in [-0.2, 0) is 0 Å². The van der Waals surface area contributed by atoms with Gasteiger partial charge in [0.25, 0.3) is 13.4 Å². The summed E-state index contributed by atoms with van der Waals surface area (Å²) < 4.78 is 0. The van der Waals surface area contributed by atoms with Crippen LogP contribution in [0.15, 0.2) is 158 Å². The molecule has 0 N–H and O–H groups in total. The molecule has 4 aliphatic heterocycles. The highest BCUT2D eigenvalue weighted by Crippen LogP contribution is 2.44. The van der Waals surface area contributed by atoms with E-state index in [1.54, 1.807) is 0 Å². The van der Waals surface area contributed by atoms with Crippen molar-refractivity contribution in [1.82, 2.24) is 0 Å². The molecule has 4 aliphatic rings. The molecule has 0 fully saturated rings. The van der Waals surface area contributed by atoms with Crippen LogP contribution in [0.4, 0.5) is 45.5 Å². The van der Waals surface area contributed by atoms with E-state index >= 15 is 0 Å². The Morgan fingerprint density at radius 3 is 1.55 bits per heavy atom. The zero-order valence-electron chi connectivity index (χ0n) is 33.0. The van der Waals surface area contributed by atoms with E-state index in [0.717, 1.165) is 0 Å². The van der Waals surface area contributed by atoms with Crippen LogP contribution in [0.25, 0.3) is 43.4 Å². The molecule has 0 aromatic heterocycles. The Morgan fingerprint density at radius 1 is 0.310 bits per heavy atom. The summed E-state index contributed by atoms with van der Waals surface area (Å²) in [6.07, 6.45) is 0. The summed E-state index contributed by atoms with van der Waals surface area (Å²) in [5.41, 5.74) is 21.0. The van der Waals surface area contributed by atoms with Crippen molar-refractivity contribution in [3.63, 3.8) is 0 Å². The Bertz CT molecular complexity index is 3290. The van der Waals surface area contributed by atoms with Crippen molar-refractivity contribution in [3.05, 3.63) is 158 Å². The van der Waals surface area contributed by atoms with Crippen molar-refractivity contribution in [2.24, 2.45) is 0 Å². The second-order valence-corrected chi connectivity index (χ2v) is 16.7. The number of hydrogen-bond donors (Lipinski definition) is 0. The Hall–Kier alpha value is -6.91. The predicted octanol–water partition coefficient (Wildman–Crippen LogP) is 8.17. The van der Waals surface area contributed by atoms with Crippen LogP contribution in [0.1, 0.15) is 0 Å². The Morgan fingerprint density at radius 2 is 0.810 bits per heavy atom.